The fraction of sp³-hybridized carbons (Fsp3) is 0.727. The van der Waals surface area contributed by atoms with Crippen molar-refractivity contribution in [3.8, 4) is 5.75 Å². The van der Waals surface area contributed by atoms with Gasteiger partial charge in [0, 0.05) is 5.56 Å². The summed E-state index contributed by atoms with van der Waals surface area (Å²) in [7, 11) is -1.89. The molecule has 1 N–H and O–H groups in total. The van der Waals surface area contributed by atoms with Crippen molar-refractivity contribution in [2.24, 2.45) is 0 Å². The molecule has 26 heavy (non-hydrogen) atoms. The Balaban J connectivity index is 2.62. The summed E-state index contributed by atoms with van der Waals surface area (Å²) in [5, 5.41) is 0. The molecule has 1 aromatic rings. The topological polar surface area (TPSA) is 38.7 Å². The van der Waals surface area contributed by atoms with Gasteiger partial charge in [-0.1, -0.05) is 92.7 Å². The minimum Gasteiger partial charge on any atom is -0.427 e. The lowest BCUT2D eigenvalue weighted by molar-refractivity contribution is 0.252. The molecule has 1 rings (SSSR count). The second-order valence-corrected chi connectivity index (χ2v) is 10.1. The van der Waals surface area contributed by atoms with Gasteiger partial charge in [-0.2, -0.15) is 0 Å². The first-order valence-corrected chi connectivity index (χ1v) is 11.1. The van der Waals surface area contributed by atoms with E-state index in [2.05, 4.69) is 60.6 Å². The van der Waals surface area contributed by atoms with Crippen molar-refractivity contribution in [2.75, 3.05) is 6.61 Å². The molecule has 0 heterocycles. The summed E-state index contributed by atoms with van der Waals surface area (Å²) < 4.78 is 11.3. The zero-order valence-electron chi connectivity index (χ0n) is 17.9. The van der Waals surface area contributed by atoms with Crippen molar-refractivity contribution in [3.05, 3.63) is 29.3 Å². The number of hydrogen-bond donors (Lipinski definition) is 1. The summed E-state index contributed by atoms with van der Waals surface area (Å²) in [6.07, 6.45) is 7.21. The maximum atomic E-state index is 10.2. The first-order chi connectivity index (χ1) is 12.1. The lowest BCUT2D eigenvalue weighted by atomic mass is 9.80. The van der Waals surface area contributed by atoms with Crippen molar-refractivity contribution < 1.29 is 13.9 Å². The molecule has 0 bridgehead atoms. The molecule has 0 fully saturated rings. The summed E-state index contributed by atoms with van der Waals surface area (Å²) in [5.41, 5.74) is 2.39. The summed E-state index contributed by atoms with van der Waals surface area (Å²) in [6.45, 7) is 15.9. The summed E-state index contributed by atoms with van der Waals surface area (Å²) in [4.78, 5) is 10.2. The van der Waals surface area contributed by atoms with Crippen molar-refractivity contribution in [3.63, 3.8) is 0 Å². The number of unbranched alkanes of at least 4 members (excludes halogenated alkanes) is 5. The Labute approximate surface area is 162 Å². The van der Waals surface area contributed by atoms with Gasteiger partial charge in [0.2, 0.25) is 0 Å². The fourth-order valence-corrected chi connectivity index (χ4v) is 3.46. The molecule has 0 amide bonds. The Hall–Kier alpha value is -0.630. The third-order valence-corrected chi connectivity index (χ3v) is 5.29. The van der Waals surface area contributed by atoms with Crippen molar-refractivity contribution >= 4 is 8.60 Å². The Morgan fingerprint density at radius 2 is 1.50 bits per heavy atom. The summed E-state index contributed by atoms with van der Waals surface area (Å²) in [5.74, 6) is 0.724. The lowest BCUT2D eigenvalue weighted by Crippen LogP contribution is -2.17. The number of hydrogen-bond acceptors (Lipinski definition) is 3. The minimum absolute atomic E-state index is 0.0634. The van der Waals surface area contributed by atoms with Crippen LogP contribution in [0.25, 0.3) is 0 Å². The van der Waals surface area contributed by atoms with Crippen LogP contribution in [0.4, 0.5) is 0 Å². The standard InChI is InChI=1S/C22H39O3P/c1-8-9-10-11-12-13-16-24-26(23)25-20-15-14-18(21(2,3)4)17-19(20)22(5,6)7/h14-15,17,23H,8-13,16H2,1-7H3. The quantitative estimate of drug-likeness (QED) is 0.342. The van der Waals surface area contributed by atoms with E-state index >= 15 is 0 Å². The van der Waals surface area contributed by atoms with Crippen LogP contribution in [0.2, 0.25) is 0 Å². The Morgan fingerprint density at radius 3 is 2.08 bits per heavy atom. The number of rotatable bonds is 10. The van der Waals surface area contributed by atoms with Crippen molar-refractivity contribution in [1.82, 2.24) is 0 Å². The van der Waals surface area contributed by atoms with E-state index in [-0.39, 0.29) is 10.8 Å². The van der Waals surface area contributed by atoms with Crippen LogP contribution in [-0.2, 0) is 15.4 Å². The average Bonchev–Trinajstić information content (AvgIpc) is 2.52. The smallest absolute Gasteiger partial charge is 0.394 e. The van der Waals surface area contributed by atoms with Gasteiger partial charge in [0.05, 0.1) is 6.61 Å². The van der Waals surface area contributed by atoms with Crippen LogP contribution in [0.5, 0.6) is 5.75 Å². The molecule has 0 spiro atoms. The number of benzene rings is 1. The molecule has 1 unspecified atom stereocenters. The average molecular weight is 383 g/mol. The molecular weight excluding hydrogens is 343 g/mol. The van der Waals surface area contributed by atoms with Crippen LogP contribution in [-0.4, -0.2) is 11.5 Å². The minimum atomic E-state index is -1.89. The molecule has 0 saturated heterocycles. The van der Waals surface area contributed by atoms with E-state index in [1.807, 2.05) is 6.07 Å². The van der Waals surface area contributed by atoms with Crippen LogP contribution in [0, 0.1) is 0 Å². The molecule has 0 aromatic heterocycles. The van der Waals surface area contributed by atoms with Gasteiger partial charge < -0.3 is 13.9 Å². The largest absolute Gasteiger partial charge is 0.427 e. The Kier molecular flexibility index (Phi) is 9.58. The zero-order chi connectivity index (χ0) is 19.8. The Morgan fingerprint density at radius 1 is 0.885 bits per heavy atom. The van der Waals surface area contributed by atoms with Crippen LogP contribution in [0.3, 0.4) is 0 Å². The van der Waals surface area contributed by atoms with Gasteiger partial charge >= 0.3 is 8.60 Å². The second kappa shape index (κ2) is 10.6. The van der Waals surface area contributed by atoms with E-state index in [1.165, 1.54) is 31.2 Å². The normalized spacial score (nSPS) is 13.7. The summed E-state index contributed by atoms with van der Waals surface area (Å²) in [6, 6.07) is 6.26. The van der Waals surface area contributed by atoms with E-state index in [9.17, 15) is 4.89 Å². The molecule has 0 saturated carbocycles. The third-order valence-electron chi connectivity index (χ3n) is 4.53. The third kappa shape index (κ3) is 8.37. The second-order valence-electron chi connectivity index (χ2n) is 9.14. The predicted octanol–water partition coefficient (Wildman–Crippen LogP) is 7.26. The van der Waals surface area contributed by atoms with Crippen molar-refractivity contribution in [2.45, 2.75) is 97.8 Å². The molecule has 150 valence electrons. The highest BCUT2D eigenvalue weighted by molar-refractivity contribution is 7.41. The van der Waals surface area contributed by atoms with Crippen LogP contribution < -0.4 is 4.52 Å². The fourth-order valence-electron chi connectivity index (χ4n) is 2.80. The van der Waals surface area contributed by atoms with E-state index in [0.29, 0.717) is 6.61 Å². The van der Waals surface area contributed by atoms with E-state index < -0.39 is 8.60 Å². The van der Waals surface area contributed by atoms with Crippen LogP contribution >= 0.6 is 8.60 Å². The van der Waals surface area contributed by atoms with Crippen LogP contribution in [0.1, 0.15) is 98.1 Å². The van der Waals surface area contributed by atoms with E-state index in [0.717, 1.165) is 24.2 Å². The molecule has 1 aromatic carbocycles. The van der Waals surface area contributed by atoms with Gasteiger partial charge in [0.1, 0.15) is 5.75 Å². The van der Waals surface area contributed by atoms with Gasteiger partial charge in [-0.15, -0.1) is 0 Å². The lowest BCUT2D eigenvalue weighted by Gasteiger charge is -2.27. The first kappa shape index (κ1) is 23.4. The van der Waals surface area contributed by atoms with Gasteiger partial charge in [0.25, 0.3) is 0 Å². The maximum absolute atomic E-state index is 10.2. The highest BCUT2D eigenvalue weighted by Gasteiger charge is 2.24. The van der Waals surface area contributed by atoms with Gasteiger partial charge in [0.15, 0.2) is 0 Å². The summed E-state index contributed by atoms with van der Waals surface area (Å²) >= 11 is 0. The molecule has 3 nitrogen and oxygen atoms in total. The SMILES string of the molecule is CCCCCCCCOP(O)Oc1ccc(C(C)(C)C)cc1C(C)(C)C. The van der Waals surface area contributed by atoms with Crippen molar-refractivity contribution in [1.29, 1.82) is 0 Å². The molecule has 4 heteroatoms. The molecule has 0 aliphatic rings. The maximum Gasteiger partial charge on any atom is 0.394 e. The van der Waals surface area contributed by atoms with Gasteiger partial charge in [-0.25, -0.2) is 0 Å². The van der Waals surface area contributed by atoms with Gasteiger partial charge in [-0.05, 0) is 28.9 Å². The highest BCUT2D eigenvalue weighted by Crippen LogP contribution is 2.42. The first-order valence-electron chi connectivity index (χ1n) is 10.0. The molecular formula is C22H39O3P. The van der Waals surface area contributed by atoms with E-state index in [1.54, 1.807) is 0 Å². The van der Waals surface area contributed by atoms with E-state index in [4.69, 9.17) is 9.05 Å². The Bertz CT molecular complexity index is 529. The molecule has 0 radical (unpaired) electrons. The van der Waals surface area contributed by atoms with Crippen LogP contribution in [0.15, 0.2) is 18.2 Å². The predicted molar refractivity (Wildman–Crippen MR) is 113 cm³/mol. The van der Waals surface area contributed by atoms with Gasteiger partial charge in [-0.3, -0.25) is 0 Å². The molecule has 0 aliphatic heterocycles. The molecule has 1 atom stereocenters. The monoisotopic (exact) mass is 382 g/mol. The molecule has 0 aliphatic carbocycles. The zero-order valence-corrected chi connectivity index (χ0v) is 18.8. The highest BCUT2D eigenvalue weighted by atomic mass is 31.2.